The second-order valence-corrected chi connectivity index (χ2v) is 4.12. The Balaban J connectivity index is 2.61. The van der Waals surface area contributed by atoms with E-state index in [9.17, 15) is 4.79 Å². The van der Waals surface area contributed by atoms with Crippen LogP contribution >= 0.6 is 0 Å². The summed E-state index contributed by atoms with van der Waals surface area (Å²) in [6, 6.07) is 9.80. The maximum atomic E-state index is 11.3. The number of amides is 1. The molecule has 0 aliphatic rings. The quantitative estimate of drug-likeness (QED) is 0.835. The average Bonchev–Trinajstić information content (AvgIpc) is 2.69. The van der Waals surface area contributed by atoms with Crippen molar-refractivity contribution in [2.45, 2.75) is 13.8 Å². The van der Waals surface area contributed by atoms with Crippen molar-refractivity contribution in [1.82, 2.24) is 9.78 Å². The van der Waals surface area contributed by atoms with Gasteiger partial charge in [-0.15, -0.1) is 5.92 Å². The van der Waals surface area contributed by atoms with E-state index in [4.69, 9.17) is 0 Å². The largest absolute Gasteiger partial charge is 0.310 e. The molecular weight excluding hydrogens is 238 g/mol. The standard InChI is InChI=1S/C15H15N3O/c1-4-8-13-14(12-9-6-5-7-10-12)17-18(3)15(13)16-11(2)19/h5-7,9-10H,1-3H3,(H,16,19). The summed E-state index contributed by atoms with van der Waals surface area (Å²) in [7, 11) is 1.79. The molecule has 1 aromatic heterocycles. The second kappa shape index (κ2) is 5.40. The first kappa shape index (κ1) is 12.9. The van der Waals surface area contributed by atoms with Gasteiger partial charge in [0.05, 0.1) is 5.56 Å². The highest BCUT2D eigenvalue weighted by Crippen LogP contribution is 2.27. The molecule has 1 N–H and O–H groups in total. The Morgan fingerprint density at radius 1 is 1.32 bits per heavy atom. The van der Waals surface area contributed by atoms with Gasteiger partial charge in [-0.05, 0) is 6.92 Å². The monoisotopic (exact) mass is 253 g/mol. The Morgan fingerprint density at radius 3 is 2.58 bits per heavy atom. The summed E-state index contributed by atoms with van der Waals surface area (Å²) in [5.74, 6) is 6.38. The van der Waals surface area contributed by atoms with Gasteiger partial charge in [0.25, 0.3) is 0 Å². The van der Waals surface area contributed by atoms with Crippen molar-refractivity contribution in [2.24, 2.45) is 7.05 Å². The number of benzene rings is 1. The van der Waals surface area contributed by atoms with Crippen LogP contribution in [0.25, 0.3) is 11.3 Å². The Morgan fingerprint density at radius 2 is 2.00 bits per heavy atom. The van der Waals surface area contributed by atoms with E-state index in [0.29, 0.717) is 5.82 Å². The predicted molar refractivity (Wildman–Crippen MR) is 75.5 cm³/mol. The molecule has 1 aromatic carbocycles. The second-order valence-electron chi connectivity index (χ2n) is 4.12. The lowest BCUT2D eigenvalue weighted by molar-refractivity contribution is -0.114. The molecule has 2 rings (SSSR count). The van der Waals surface area contributed by atoms with Gasteiger partial charge in [-0.25, -0.2) is 0 Å². The molecular formula is C15H15N3O. The number of carbonyl (C=O) groups excluding carboxylic acids is 1. The zero-order chi connectivity index (χ0) is 13.8. The first-order valence-corrected chi connectivity index (χ1v) is 5.96. The topological polar surface area (TPSA) is 46.9 Å². The highest BCUT2D eigenvalue weighted by atomic mass is 16.1. The average molecular weight is 253 g/mol. The van der Waals surface area contributed by atoms with Crippen LogP contribution in [0.3, 0.4) is 0 Å². The van der Waals surface area contributed by atoms with Gasteiger partial charge in [0.15, 0.2) is 0 Å². The molecule has 0 aliphatic carbocycles. The van der Waals surface area contributed by atoms with Gasteiger partial charge < -0.3 is 5.32 Å². The van der Waals surface area contributed by atoms with E-state index in [1.807, 2.05) is 30.3 Å². The molecule has 0 saturated heterocycles. The molecule has 1 heterocycles. The normalized spacial score (nSPS) is 9.63. The molecule has 96 valence electrons. The molecule has 2 aromatic rings. The molecule has 0 saturated carbocycles. The fourth-order valence-electron chi connectivity index (χ4n) is 1.88. The van der Waals surface area contributed by atoms with Crippen molar-refractivity contribution in [1.29, 1.82) is 0 Å². The Labute approximate surface area is 112 Å². The number of hydrogen-bond acceptors (Lipinski definition) is 2. The zero-order valence-corrected chi connectivity index (χ0v) is 11.2. The lowest BCUT2D eigenvalue weighted by Crippen LogP contribution is -2.10. The van der Waals surface area contributed by atoms with E-state index in [2.05, 4.69) is 22.3 Å². The smallest absolute Gasteiger partial charge is 0.222 e. The maximum Gasteiger partial charge on any atom is 0.222 e. The summed E-state index contributed by atoms with van der Waals surface area (Å²) in [6.07, 6.45) is 0. The molecule has 0 unspecified atom stereocenters. The fraction of sp³-hybridized carbons (Fsp3) is 0.200. The van der Waals surface area contributed by atoms with Crippen LogP contribution in [0, 0.1) is 11.8 Å². The summed E-state index contributed by atoms with van der Waals surface area (Å²) in [6.45, 7) is 3.23. The number of nitrogens with zero attached hydrogens (tertiary/aromatic N) is 2. The predicted octanol–water partition coefficient (Wildman–Crippen LogP) is 2.42. The number of hydrogen-bond donors (Lipinski definition) is 1. The van der Waals surface area contributed by atoms with Crippen molar-refractivity contribution in [3.8, 4) is 23.1 Å². The van der Waals surface area contributed by atoms with Crippen LogP contribution in [0.1, 0.15) is 19.4 Å². The molecule has 4 heteroatoms. The van der Waals surface area contributed by atoms with E-state index in [0.717, 1.165) is 16.8 Å². The highest BCUT2D eigenvalue weighted by molar-refractivity contribution is 5.91. The molecule has 0 radical (unpaired) electrons. The third-order valence-corrected chi connectivity index (χ3v) is 2.64. The third-order valence-electron chi connectivity index (χ3n) is 2.64. The molecule has 0 atom stereocenters. The van der Waals surface area contributed by atoms with Crippen molar-refractivity contribution in [2.75, 3.05) is 5.32 Å². The molecule has 0 spiro atoms. The lowest BCUT2D eigenvalue weighted by Gasteiger charge is -2.02. The molecule has 0 bridgehead atoms. The van der Waals surface area contributed by atoms with Crippen molar-refractivity contribution in [3.05, 3.63) is 35.9 Å². The summed E-state index contributed by atoms with van der Waals surface area (Å²) in [5.41, 5.74) is 2.50. The summed E-state index contributed by atoms with van der Waals surface area (Å²) < 4.78 is 1.64. The number of carbonyl (C=O) groups is 1. The van der Waals surface area contributed by atoms with Crippen molar-refractivity contribution >= 4 is 11.7 Å². The number of nitrogens with one attached hydrogen (secondary N) is 1. The summed E-state index contributed by atoms with van der Waals surface area (Å²) in [4.78, 5) is 11.3. The van der Waals surface area contributed by atoms with Crippen LogP contribution in [0.2, 0.25) is 0 Å². The Bertz CT molecular complexity index is 660. The minimum Gasteiger partial charge on any atom is -0.310 e. The van der Waals surface area contributed by atoms with Crippen molar-refractivity contribution in [3.63, 3.8) is 0 Å². The van der Waals surface area contributed by atoms with Crippen LogP contribution < -0.4 is 5.32 Å². The van der Waals surface area contributed by atoms with Gasteiger partial charge in [-0.2, -0.15) is 5.10 Å². The Hall–Kier alpha value is -2.54. The van der Waals surface area contributed by atoms with E-state index < -0.39 is 0 Å². The third kappa shape index (κ3) is 2.66. The fourth-order valence-corrected chi connectivity index (χ4v) is 1.88. The molecule has 0 aliphatic heterocycles. The van der Waals surface area contributed by atoms with Gasteiger partial charge in [0.1, 0.15) is 11.5 Å². The maximum absolute atomic E-state index is 11.3. The van der Waals surface area contributed by atoms with Gasteiger partial charge in [0, 0.05) is 19.5 Å². The van der Waals surface area contributed by atoms with Gasteiger partial charge >= 0.3 is 0 Å². The first-order chi connectivity index (χ1) is 9.13. The van der Waals surface area contributed by atoms with Crippen LogP contribution in [0.15, 0.2) is 30.3 Å². The lowest BCUT2D eigenvalue weighted by atomic mass is 10.1. The van der Waals surface area contributed by atoms with Gasteiger partial charge in [-0.1, -0.05) is 36.3 Å². The molecule has 0 fully saturated rings. The van der Waals surface area contributed by atoms with Crippen LogP contribution in [0.4, 0.5) is 5.82 Å². The number of aromatic nitrogens is 2. The number of anilines is 1. The number of rotatable bonds is 2. The summed E-state index contributed by atoms with van der Waals surface area (Å²) in [5, 5.41) is 7.23. The minimum atomic E-state index is -0.137. The van der Waals surface area contributed by atoms with Gasteiger partial charge in [0.2, 0.25) is 5.91 Å². The Kier molecular flexibility index (Phi) is 3.67. The molecule has 4 nitrogen and oxygen atoms in total. The minimum absolute atomic E-state index is 0.137. The van der Waals surface area contributed by atoms with Crippen LogP contribution in [-0.4, -0.2) is 15.7 Å². The number of aryl methyl sites for hydroxylation is 1. The van der Waals surface area contributed by atoms with Crippen LogP contribution in [0.5, 0.6) is 0 Å². The highest BCUT2D eigenvalue weighted by Gasteiger charge is 2.16. The molecule has 19 heavy (non-hydrogen) atoms. The summed E-state index contributed by atoms with van der Waals surface area (Å²) >= 11 is 0. The van der Waals surface area contributed by atoms with E-state index in [-0.39, 0.29) is 5.91 Å². The van der Waals surface area contributed by atoms with E-state index >= 15 is 0 Å². The zero-order valence-electron chi connectivity index (χ0n) is 11.2. The SMILES string of the molecule is CC#Cc1c(-c2ccccc2)nn(C)c1NC(C)=O. The molecule has 1 amide bonds. The van der Waals surface area contributed by atoms with Crippen LogP contribution in [-0.2, 0) is 11.8 Å². The first-order valence-electron chi connectivity index (χ1n) is 5.96. The van der Waals surface area contributed by atoms with E-state index in [1.54, 1.807) is 18.7 Å². The van der Waals surface area contributed by atoms with Gasteiger partial charge in [-0.3, -0.25) is 9.48 Å². The van der Waals surface area contributed by atoms with Crippen molar-refractivity contribution < 1.29 is 4.79 Å². The van der Waals surface area contributed by atoms with E-state index in [1.165, 1.54) is 6.92 Å².